The fourth-order valence-corrected chi connectivity index (χ4v) is 3.00. The number of nitrogens with zero attached hydrogens (tertiary/aromatic N) is 1. The van der Waals surface area contributed by atoms with E-state index < -0.39 is 0 Å². The Morgan fingerprint density at radius 3 is 2.50 bits per heavy atom. The number of amides is 2. The van der Waals surface area contributed by atoms with Crippen LogP contribution in [0.4, 0.5) is 10.8 Å². The second-order valence-electron chi connectivity index (χ2n) is 5.61. The van der Waals surface area contributed by atoms with Crippen LogP contribution in [0.2, 0.25) is 0 Å². The number of thiazole rings is 1. The number of nitrogens with one attached hydrogen (secondary N) is 2. The highest BCUT2D eigenvalue weighted by Gasteiger charge is 2.39. The molecule has 1 fully saturated rings. The Morgan fingerprint density at radius 2 is 1.91 bits per heavy atom. The van der Waals surface area contributed by atoms with Crippen molar-refractivity contribution in [2.75, 3.05) is 10.6 Å². The Kier molecular flexibility index (Phi) is 3.94. The highest BCUT2D eigenvalue weighted by atomic mass is 32.1. The van der Waals surface area contributed by atoms with E-state index in [1.807, 2.05) is 29.6 Å². The van der Waals surface area contributed by atoms with Crippen LogP contribution in [0, 0.1) is 11.8 Å². The molecule has 2 amide bonds. The predicted octanol–water partition coefficient (Wildman–Crippen LogP) is 3.36. The van der Waals surface area contributed by atoms with E-state index in [0.717, 1.165) is 23.4 Å². The third-order valence-electron chi connectivity index (χ3n) is 3.68. The molecule has 0 aliphatic heterocycles. The Labute approximate surface area is 132 Å². The van der Waals surface area contributed by atoms with Crippen molar-refractivity contribution in [1.82, 2.24) is 4.98 Å². The molecule has 5 nitrogen and oxygen atoms in total. The maximum atomic E-state index is 11.9. The van der Waals surface area contributed by atoms with Crippen molar-refractivity contribution >= 4 is 34.0 Å². The molecule has 2 aromatic rings. The molecule has 1 aliphatic rings. The van der Waals surface area contributed by atoms with Gasteiger partial charge in [-0.2, -0.15) is 0 Å². The van der Waals surface area contributed by atoms with Crippen molar-refractivity contribution in [3.8, 4) is 11.3 Å². The van der Waals surface area contributed by atoms with E-state index in [-0.39, 0.29) is 17.7 Å². The predicted molar refractivity (Wildman–Crippen MR) is 87.8 cm³/mol. The molecule has 0 saturated heterocycles. The molecular formula is C16H17N3O2S. The molecule has 6 heteroatoms. The van der Waals surface area contributed by atoms with E-state index in [4.69, 9.17) is 0 Å². The van der Waals surface area contributed by atoms with Crippen molar-refractivity contribution < 1.29 is 9.59 Å². The molecule has 3 rings (SSSR count). The monoisotopic (exact) mass is 315 g/mol. The van der Waals surface area contributed by atoms with Crippen LogP contribution in [0.15, 0.2) is 29.6 Å². The molecule has 0 bridgehead atoms. The van der Waals surface area contributed by atoms with Gasteiger partial charge in [-0.3, -0.25) is 9.59 Å². The normalized spacial score (nSPS) is 19.5. The summed E-state index contributed by atoms with van der Waals surface area (Å²) in [5.41, 5.74) is 2.52. The van der Waals surface area contributed by atoms with Gasteiger partial charge in [-0.15, -0.1) is 11.3 Å². The molecule has 1 aromatic carbocycles. The lowest BCUT2D eigenvalue weighted by Crippen LogP contribution is -2.14. The van der Waals surface area contributed by atoms with Crippen LogP contribution in [0.25, 0.3) is 11.3 Å². The number of rotatable bonds is 4. The van der Waals surface area contributed by atoms with Gasteiger partial charge in [-0.05, 0) is 24.5 Å². The van der Waals surface area contributed by atoms with Gasteiger partial charge in [0.2, 0.25) is 11.8 Å². The first kappa shape index (κ1) is 14.7. The van der Waals surface area contributed by atoms with E-state index in [0.29, 0.717) is 11.0 Å². The van der Waals surface area contributed by atoms with Gasteiger partial charge in [0.1, 0.15) is 0 Å². The third-order valence-corrected chi connectivity index (χ3v) is 4.44. The number of hydrogen-bond acceptors (Lipinski definition) is 4. The minimum atomic E-state index is -0.0966. The second kappa shape index (κ2) is 5.88. The molecular weight excluding hydrogens is 298 g/mol. The lowest BCUT2D eigenvalue weighted by molar-refractivity contribution is -0.117. The number of aromatic nitrogens is 1. The highest BCUT2D eigenvalue weighted by molar-refractivity contribution is 7.14. The summed E-state index contributed by atoms with van der Waals surface area (Å²) in [6.07, 6.45) is 0.967. The molecule has 2 N–H and O–H groups in total. The zero-order valence-electron chi connectivity index (χ0n) is 12.4. The number of carbonyl (C=O) groups is 2. The Balaban J connectivity index is 1.67. The first-order valence-corrected chi connectivity index (χ1v) is 8.05. The van der Waals surface area contributed by atoms with Gasteiger partial charge in [0, 0.05) is 29.5 Å². The maximum Gasteiger partial charge on any atom is 0.229 e. The minimum absolute atomic E-state index is 0.0643. The van der Waals surface area contributed by atoms with E-state index >= 15 is 0 Å². The fourth-order valence-electron chi connectivity index (χ4n) is 2.28. The molecule has 2 atom stereocenters. The highest BCUT2D eigenvalue weighted by Crippen LogP contribution is 2.38. The van der Waals surface area contributed by atoms with Gasteiger partial charge in [0.15, 0.2) is 5.13 Å². The summed E-state index contributed by atoms with van der Waals surface area (Å²) in [6, 6.07) is 7.46. The van der Waals surface area contributed by atoms with Crippen LogP contribution >= 0.6 is 11.3 Å². The average Bonchev–Trinajstić information content (AvgIpc) is 3.03. The fraction of sp³-hybridized carbons (Fsp3) is 0.312. The molecule has 0 unspecified atom stereocenters. The topological polar surface area (TPSA) is 71.1 Å². The van der Waals surface area contributed by atoms with Crippen LogP contribution in [0.3, 0.4) is 0 Å². The van der Waals surface area contributed by atoms with Crippen LogP contribution < -0.4 is 10.6 Å². The molecule has 22 heavy (non-hydrogen) atoms. The van der Waals surface area contributed by atoms with E-state index in [9.17, 15) is 9.59 Å². The standard InChI is InChI=1S/C16H17N3O2S/c1-9-7-13(9)15(21)19-16-18-14(8-22-16)11-3-5-12(6-4-11)17-10(2)20/h3-6,8-9,13H,7H2,1-2H3,(H,17,20)(H,18,19,21)/t9-,13+/m0/s1. The Hall–Kier alpha value is -2.21. The SMILES string of the molecule is CC(=O)Nc1ccc(-c2csc(NC(=O)[C@@H]3C[C@@H]3C)n2)cc1. The Bertz CT molecular complexity index is 708. The van der Waals surface area contributed by atoms with Crippen molar-refractivity contribution in [3.63, 3.8) is 0 Å². The average molecular weight is 315 g/mol. The summed E-state index contributed by atoms with van der Waals surface area (Å²) in [6.45, 7) is 3.55. The minimum Gasteiger partial charge on any atom is -0.326 e. The van der Waals surface area contributed by atoms with Crippen LogP contribution in [-0.2, 0) is 9.59 Å². The summed E-state index contributed by atoms with van der Waals surface area (Å²) in [4.78, 5) is 27.3. The van der Waals surface area contributed by atoms with E-state index in [1.54, 1.807) is 0 Å². The van der Waals surface area contributed by atoms with Gasteiger partial charge in [-0.1, -0.05) is 19.1 Å². The molecule has 0 spiro atoms. The summed E-state index contributed by atoms with van der Waals surface area (Å²) in [5.74, 6) is 0.597. The zero-order chi connectivity index (χ0) is 15.7. The largest absolute Gasteiger partial charge is 0.326 e. The first-order valence-electron chi connectivity index (χ1n) is 7.17. The molecule has 1 saturated carbocycles. The van der Waals surface area contributed by atoms with Gasteiger partial charge < -0.3 is 10.6 Å². The number of carbonyl (C=O) groups excluding carboxylic acids is 2. The van der Waals surface area contributed by atoms with Gasteiger partial charge in [0.05, 0.1) is 5.69 Å². The van der Waals surface area contributed by atoms with Crippen molar-refractivity contribution in [2.24, 2.45) is 11.8 Å². The first-order chi connectivity index (χ1) is 10.5. The lowest BCUT2D eigenvalue weighted by Gasteiger charge is -2.03. The number of anilines is 2. The molecule has 1 aliphatic carbocycles. The van der Waals surface area contributed by atoms with Crippen molar-refractivity contribution in [1.29, 1.82) is 0 Å². The van der Waals surface area contributed by atoms with Crippen molar-refractivity contribution in [3.05, 3.63) is 29.6 Å². The van der Waals surface area contributed by atoms with Gasteiger partial charge in [-0.25, -0.2) is 4.98 Å². The lowest BCUT2D eigenvalue weighted by atomic mass is 10.1. The third kappa shape index (κ3) is 3.33. The maximum absolute atomic E-state index is 11.9. The Morgan fingerprint density at radius 1 is 1.23 bits per heavy atom. The molecule has 0 radical (unpaired) electrons. The zero-order valence-corrected chi connectivity index (χ0v) is 13.2. The number of benzene rings is 1. The summed E-state index contributed by atoms with van der Waals surface area (Å²) in [5, 5.41) is 8.14. The molecule has 114 valence electrons. The van der Waals surface area contributed by atoms with Crippen LogP contribution in [0.1, 0.15) is 20.3 Å². The summed E-state index contributed by atoms with van der Waals surface area (Å²) >= 11 is 1.42. The molecule has 1 heterocycles. The quantitative estimate of drug-likeness (QED) is 0.908. The number of hydrogen-bond donors (Lipinski definition) is 2. The van der Waals surface area contributed by atoms with Crippen LogP contribution in [-0.4, -0.2) is 16.8 Å². The summed E-state index contributed by atoms with van der Waals surface area (Å²) < 4.78 is 0. The van der Waals surface area contributed by atoms with Crippen LogP contribution in [0.5, 0.6) is 0 Å². The van der Waals surface area contributed by atoms with Gasteiger partial charge >= 0.3 is 0 Å². The smallest absolute Gasteiger partial charge is 0.229 e. The van der Waals surface area contributed by atoms with Crippen molar-refractivity contribution in [2.45, 2.75) is 20.3 Å². The van der Waals surface area contributed by atoms with E-state index in [2.05, 4.69) is 22.5 Å². The van der Waals surface area contributed by atoms with Gasteiger partial charge in [0.25, 0.3) is 0 Å². The van der Waals surface area contributed by atoms with E-state index in [1.165, 1.54) is 18.3 Å². The molecule has 1 aromatic heterocycles. The summed E-state index contributed by atoms with van der Waals surface area (Å²) in [7, 11) is 0. The second-order valence-corrected chi connectivity index (χ2v) is 6.46.